The zero-order chi connectivity index (χ0) is 21.8. The van der Waals surface area contributed by atoms with Gasteiger partial charge in [0.25, 0.3) is 0 Å². The van der Waals surface area contributed by atoms with E-state index in [1.165, 1.54) is 22.6 Å². The SMILES string of the molecule is C=CC[N+]12CCC(CC1)[C@@H](OC(=O)N(CCc1ccc(F)cc1)Cc1sccc1C)C2.[Br-]. The van der Waals surface area contributed by atoms with Crippen molar-refractivity contribution >= 4 is 17.4 Å². The quantitative estimate of drug-likeness (QED) is 0.392. The molecule has 1 aromatic heterocycles. The molecular weight excluding hydrogens is 491 g/mol. The summed E-state index contributed by atoms with van der Waals surface area (Å²) in [6.07, 6.45) is 4.65. The Morgan fingerprint density at radius 3 is 2.62 bits per heavy atom. The summed E-state index contributed by atoms with van der Waals surface area (Å²) in [5.41, 5.74) is 2.21. The summed E-state index contributed by atoms with van der Waals surface area (Å²) in [5.74, 6) is 0.226. The van der Waals surface area contributed by atoms with E-state index in [0.29, 0.717) is 25.4 Å². The number of piperidine rings is 3. The van der Waals surface area contributed by atoms with Crippen LogP contribution in [0.4, 0.5) is 9.18 Å². The number of hydrogen-bond donors (Lipinski definition) is 0. The molecule has 1 aromatic carbocycles. The average Bonchev–Trinajstić information content (AvgIpc) is 3.17. The third-order valence-corrected chi connectivity index (χ3v) is 7.96. The molecule has 5 rings (SSSR count). The fourth-order valence-corrected chi connectivity index (χ4v) is 5.90. The number of aryl methyl sites for hydroxylation is 1. The average molecular weight is 524 g/mol. The van der Waals surface area contributed by atoms with Crippen molar-refractivity contribution in [2.24, 2.45) is 5.92 Å². The molecule has 32 heavy (non-hydrogen) atoms. The van der Waals surface area contributed by atoms with Crippen LogP contribution in [0.2, 0.25) is 0 Å². The molecule has 174 valence electrons. The fraction of sp³-hybridized carbons (Fsp3) is 0.480. The lowest BCUT2D eigenvalue weighted by Crippen LogP contribution is -3.00. The van der Waals surface area contributed by atoms with Gasteiger partial charge in [-0.05, 0) is 54.1 Å². The predicted octanol–water partition coefficient (Wildman–Crippen LogP) is 2.18. The van der Waals surface area contributed by atoms with Crippen LogP contribution in [-0.4, -0.2) is 54.3 Å². The monoisotopic (exact) mass is 522 g/mol. The first-order valence-corrected chi connectivity index (χ1v) is 12.0. The molecule has 3 aliphatic heterocycles. The summed E-state index contributed by atoms with van der Waals surface area (Å²) < 4.78 is 20.4. The molecule has 0 unspecified atom stereocenters. The van der Waals surface area contributed by atoms with Crippen LogP contribution in [0.5, 0.6) is 0 Å². The first-order chi connectivity index (χ1) is 15.0. The molecule has 7 heteroatoms. The van der Waals surface area contributed by atoms with Crippen LogP contribution in [0, 0.1) is 18.7 Å². The molecule has 2 bridgehead atoms. The Bertz CT molecular complexity index is 909. The van der Waals surface area contributed by atoms with Gasteiger partial charge in [-0.2, -0.15) is 0 Å². The number of carbonyl (C=O) groups is 1. The second-order valence-electron chi connectivity index (χ2n) is 9.03. The molecule has 2 aromatic rings. The predicted molar refractivity (Wildman–Crippen MR) is 122 cm³/mol. The molecule has 0 N–H and O–H groups in total. The molecule has 3 saturated heterocycles. The van der Waals surface area contributed by atoms with Crippen LogP contribution < -0.4 is 17.0 Å². The van der Waals surface area contributed by atoms with Crippen molar-refractivity contribution in [3.05, 3.63) is 70.2 Å². The van der Waals surface area contributed by atoms with Crippen LogP contribution in [-0.2, 0) is 17.7 Å². The number of rotatable bonds is 8. The van der Waals surface area contributed by atoms with E-state index in [9.17, 15) is 9.18 Å². The van der Waals surface area contributed by atoms with Gasteiger partial charge in [0, 0.05) is 30.2 Å². The smallest absolute Gasteiger partial charge is 0.410 e. The minimum atomic E-state index is -0.242. The highest BCUT2D eigenvalue weighted by Crippen LogP contribution is 2.36. The molecule has 4 nitrogen and oxygen atoms in total. The lowest BCUT2D eigenvalue weighted by Gasteiger charge is -2.51. The number of amides is 1. The highest BCUT2D eigenvalue weighted by atomic mass is 79.9. The van der Waals surface area contributed by atoms with Crippen LogP contribution in [0.1, 0.15) is 28.8 Å². The number of thiophene rings is 1. The van der Waals surface area contributed by atoms with Gasteiger partial charge in [0.15, 0.2) is 6.10 Å². The van der Waals surface area contributed by atoms with Gasteiger partial charge in [0.2, 0.25) is 0 Å². The Kier molecular flexibility index (Phi) is 8.53. The number of halogens is 2. The van der Waals surface area contributed by atoms with E-state index in [1.807, 2.05) is 11.0 Å². The van der Waals surface area contributed by atoms with Crippen LogP contribution >= 0.6 is 11.3 Å². The molecule has 0 spiro atoms. The van der Waals surface area contributed by atoms with Gasteiger partial charge in [-0.1, -0.05) is 18.7 Å². The van der Waals surface area contributed by atoms with E-state index >= 15 is 0 Å². The highest BCUT2D eigenvalue weighted by molar-refractivity contribution is 7.10. The number of ether oxygens (including phenoxy) is 1. The third kappa shape index (κ3) is 5.80. The maximum atomic E-state index is 13.3. The molecular formula is C25H32BrFN2O2S. The van der Waals surface area contributed by atoms with Gasteiger partial charge >= 0.3 is 6.09 Å². The van der Waals surface area contributed by atoms with Crippen molar-refractivity contribution in [3.8, 4) is 0 Å². The lowest BCUT2D eigenvalue weighted by atomic mass is 9.83. The standard InChI is InChI=1S/C25H32FN2O2S.BrH/c1-3-13-28-14-9-21(10-15-28)23(18-28)30-25(29)27(17-24-19(2)11-16-31-24)12-8-20-4-6-22(26)7-5-20;/h3-7,11,16,21,23H,1,8-10,12-15,17-18H2,2H3;1H/q+1;/p-1/t21?,23-,28?;/m0./s1. The summed E-state index contributed by atoms with van der Waals surface area (Å²) in [4.78, 5) is 16.3. The molecule has 1 amide bonds. The number of hydrogen-bond acceptors (Lipinski definition) is 3. The van der Waals surface area contributed by atoms with E-state index in [2.05, 4.69) is 24.9 Å². The van der Waals surface area contributed by atoms with E-state index in [1.54, 1.807) is 23.5 Å². The van der Waals surface area contributed by atoms with E-state index in [-0.39, 0.29) is 35.0 Å². The Hall–Kier alpha value is -1.70. The Morgan fingerprint density at radius 1 is 1.28 bits per heavy atom. The highest BCUT2D eigenvalue weighted by Gasteiger charge is 2.47. The van der Waals surface area contributed by atoms with Gasteiger partial charge < -0.3 is 31.1 Å². The lowest BCUT2D eigenvalue weighted by molar-refractivity contribution is -0.941. The Balaban J connectivity index is 0.00000289. The van der Waals surface area contributed by atoms with E-state index in [4.69, 9.17) is 4.74 Å². The maximum Gasteiger partial charge on any atom is 0.410 e. The van der Waals surface area contributed by atoms with Crippen molar-refractivity contribution in [1.29, 1.82) is 0 Å². The molecule has 0 radical (unpaired) electrons. The largest absolute Gasteiger partial charge is 1.00 e. The topological polar surface area (TPSA) is 29.5 Å². The van der Waals surface area contributed by atoms with Crippen molar-refractivity contribution < 1.29 is 35.4 Å². The third-order valence-electron chi connectivity index (χ3n) is 6.95. The Labute approximate surface area is 205 Å². The minimum Gasteiger partial charge on any atom is -1.00 e. The number of quaternary nitrogens is 1. The van der Waals surface area contributed by atoms with E-state index in [0.717, 1.165) is 49.1 Å². The van der Waals surface area contributed by atoms with E-state index < -0.39 is 0 Å². The normalized spacial score (nSPS) is 23.9. The fourth-order valence-electron chi connectivity index (χ4n) is 4.98. The summed E-state index contributed by atoms with van der Waals surface area (Å²) in [5, 5.41) is 2.06. The molecule has 4 heterocycles. The minimum absolute atomic E-state index is 0. The second kappa shape index (κ2) is 10.9. The first-order valence-electron chi connectivity index (χ1n) is 11.2. The van der Waals surface area contributed by atoms with Crippen molar-refractivity contribution in [2.45, 2.75) is 38.8 Å². The van der Waals surface area contributed by atoms with Crippen molar-refractivity contribution in [1.82, 2.24) is 4.90 Å². The molecule has 0 aliphatic carbocycles. The van der Waals surface area contributed by atoms with Crippen LogP contribution in [0.15, 0.2) is 48.4 Å². The summed E-state index contributed by atoms with van der Waals surface area (Å²) in [6.45, 7) is 11.3. The van der Waals surface area contributed by atoms with Gasteiger partial charge in [-0.3, -0.25) is 0 Å². The second-order valence-corrected chi connectivity index (χ2v) is 10.0. The summed E-state index contributed by atoms with van der Waals surface area (Å²) >= 11 is 1.67. The zero-order valence-corrected chi connectivity index (χ0v) is 21.0. The van der Waals surface area contributed by atoms with Crippen molar-refractivity contribution in [3.63, 3.8) is 0 Å². The van der Waals surface area contributed by atoms with Gasteiger partial charge in [-0.15, -0.1) is 11.3 Å². The molecule has 3 fully saturated rings. The Morgan fingerprint density at radius 2 is 2.00 bits per heavy atom. The van der Waals surface area contributed by atoms with Gasteiger partial charge in [0.1, 0.15) is 12.4 Å². The summed E-state index contributed by atoms with van der Waals surface area (Å²) in [7, 11) is 0. The number of nitrogens with zero attached hydrogens (tertiary/aromatic N) is 2. The molecule has 1 atom stereocenters. The molecule has 0 saturated carbocycles. The van der Waals surface area contributed by atoms with Gasteiger partial charge in [-0.25, -0.2) is 9.18 Å². The number of carbonyl (C=O) groups excluding carboxylic acids is 1. The number of benzene rings is 1. The maximum absolute atomic E-state index is 13.3. The van der Waals surface area contributed by atoms with Crippen LogP contribution in [0.25, 0.3) is 0 Å². The number of fused-ring (bicyclic) bond motifs is 3. The van der Waals surface area contributed by atoms with Crippen LogP contribution in [0.3, 0.4) is 0 Å². The molecule has 3 aliphatic rings. The van der Waals surface area contributed by atoms with Crippen molar-refractivity contribution in [2.75, 3.05) is 32.7 Å². The summed E-state index contributed by atoms with van der Waals surface area (Å²) in [6, 6.07) is 8.59. The van der Waals surface area contributed by atoms with Gasteiger partial charge in [0.05, 0.1) is 26.2 Å². The first kappa shape index (κ1) is 24.9. The zero-order valence-electron chi connectivity index (χ0n) is 18.6.